The zero-order chi connectivity index (χ0) is 15.4. The molecule has 0 saturated heterocycles. The normalized spacial score (nSPS) is 13.5. The molecule has 0 aliphatic carbocycles. The minimum Gasteiger partial charge on any atom is -0.497 e. The molecule has 22 heavy (non-hydrogen) atoms. The van der Waals surface area contributed by atoms with Crippen molar-refractivity contribution < 1.29 is 14.4 Å². The number of halogens is 1. The van der Waals surface area contributed by atoms with Gasteiger partial charge in [-0.25, -0.2) is 0 Å². The Hall–Kier alpha value is -1.63. The fourth-order valence-corrected chi connectivity index (χ4v) is 1.91. The number of aliphatic hydroxyl groups is 1. The van der Waals surface area contributed by atoms with Crippen molar-refractivity contribution in [3.63, 3.8) is 0 Å². The Morgan fingerprint density at radius 2 is 1.91 bits per heavy atom. The molecule has 0 fully saturated rings. The van der Waals surface area contributed by atoms with Crippen LogP contribution < -0.4 is 10.5 Å². The summed E-state index contributed by atoms with van der Waals surface area (Å²) in [6.07, 6.45) is -0.418. The molecule has 1 aromatic carbocycles. The number of aromatic nitrogens is 2. The number of benzene rings is 1. The van der Waals surface area contributed by atoms with E-state index in [1.165, 1.54) is 0 Å². The molecule has 2 aromatic rings. The molecule has 0 aliphatic rings. The third kappa shape index (κ3) is 4.43. The van der Waals surface area contributed by atoms with Gasteiger partial charge in [-0.05, 0) is 23.6 Å². The van der Waals surface area contributed by atoms with E-state index in [4.69, 9.17) is 15.0 Å². The molecular formula is C15H22ClN3O3. The Balaban J connectivity index is 0.00000242. The molecule has 2 rings (SSSR count). The van der Waals surface area contributed by atoms with E-state index >= 15 is 0 Å². The minimum absolute atomic E-state index is 0. The molecule has 0 amide bonds. The number of methoxy groups -OCH3 is 1. The van der Waals surface area contributed by atoms with Crippen molar-refractivity contribution in [3.05, 3.63) is 41.5 Å². The van der Waals surface area contributed by atoms with E-state index in [1.807, 2.05) is 38.1 Å². The number of rotatable bonds is 6. The number of hydrogen-bond donors (Lipinski definition) is 2. The highest BCUT2D eigenvalue weighted by Crippen LogP contribution is 2.19. The summed E-state index contributed by atoms with van der Waals surface area (Å²) in [4.78, 5) is 4.21. The van der Waals surface area contributed by atoms with Crippen molar-refractivity contribution in [1.82, 2.24) is 10.1 Å². The standard InChI is InChI=1S/C15H21N3O3.ClH/c1-9(2)13(16)14(19)15-17-12(21-18-15)8-10-4-6-11(20-3)7-5-10;/h4-7,9,13-14,19H,8,16H2,1-3H3;1H/t13-,14?;/m0./s1. The number of aliphatic hydroxyl groups excluding tert-OH is 1. The number of hydrogen-bond acceptors (Lipinski definition) is 6. The summed E-state index contributed by atoms with van der Waals surface area (Å²) in [5, 5.41) is 13.9. The Morgan fingerprint density at radius 3 is 2.45 bits per heavy atom. The van der Waals surface area contributed by atoms with Gasteiger partial charge < -0.3 is 20.1 Å². The maximum Gasteiger partial charge on any atom is 0.231 e. The smallest absolute Gasteiger partial charge is 0.231 e. The first-order valence-corrected chi connectivity index (χ1v) is 6.90. The molecule has 1 unspecified atom stereocenters. The van der Waals surface area contributed by atoms with Crippen LogP contribution in [0.5, 0.6) is 5.75 Å². The van der Waals surface area contributed by atoms with Crippen LogP contribution in [0.1, 0.15) is 37.2 Å². The zero-order valence-electron chi connectivity index (χ0n) is 12.9. The van der Waals surface area contributed by atoms with Gasteiger partial charge >= 0.3 is 0 Å². The predicted molar refractivity (Wildman–Crippen MR) is 85.1 cm³/mol. The van der Waals surface area contributed by atoms with E-state index in [0.29, 0.717) is 12.3 Å². The Kier molecular flexibility index (Phi) is 6.80. The van der Waals surface area contributed by atoms with Gasteiger partial charge in [0.15, 0.2) is 0 Å². The first-order chi connectivity index (χ1) is 10.0. The van der Waals surface area contributed by atoms with E-state index in [2.05, 4.69) is 10.1 Å². The highest BCUT2D eigenvalue weighted by Gasteiger charge is 2.24. The predicted octanol–water partition coefficient (Wildman–Crippen LogP) is 2.11. The molecule has 7 heteroatoms. The molecule has 1 aromatic heterocycles. The second-order valence-electron chi connectivity index (χ2n) is 5.34. The molecule has 0 bridgehead atoms. The van der Waals surface area contributed by atoms with Gasteiger partial charge in [0.1, 0.15) is 11.9 Å². The summed E-state index contributed by atoms with van der Waals surface area (Å²) in [5.74, 6) is 1.61. The number of ether oxygens (including phenoxy) is 1. The fourth-order valence-electron chi connectivity index (χ4n) is 1.91. The van der Waals surface area contributed by atoms with Crippen molar-refractivity contribution >= 4 is 12.4 Å². The maximum atomic E-state index is 10.1. The summed E-state index contributed by atoms with van der Waals surface area (Å²) >= 11 is 0. The van der Waals surface area contributed by atoms with Crippen LogP contribution in [0, 0.1) is 5.92 Å². The second kappa shape index (κ2) is 8.12. The van der Waals surface area contributed by atoms with Gasteiger partial charge in [-0.3, -0.25) is 0 Å². The average Bonchev–Trinajstić information content (AvgIpc) is 2.95. The van der Waals surface area contributed by atoms with Crippen LogP contribution in [0.25, 0.3) is 0 Å². The first-order valence-electron chi connectivity index (χ1n) is 6.90. The van der Waals surface area contributed by atoms with Crippen LogP contribution in [-0.4, -0.2) is 28.4 Å². The van der Waals surface area contributed by atoms with Gasteiger partial charge in [0.25, 0.3) is 0 Å². The van der Waals surface area contributed by atoms with Gasteiger partial charge in [-0.15, -0.1) is 12.4 Å². The monoisotopic (exact) mass is 327 g/mol. The third-order valence-electron chi connectivity index (χ3n) is 3.40. The lowest BCUT2D eigenvalue weighted by Gasteiger charge is -2.18. The van der Waals surface area contributed by atoms with Crippen LogP contribution in [-0.2, 0) is 6.42 Å². The molecule has 3 N–H and O–H groups in total. The third-order valence-corrected chi connectivity index (χ3v) is 3.40. The maximum absolute atomic E-state index is 10.1. The highest BCUT2D eigenvalue weighted by atomic mass is 35.5. The van der Waals surface area contributed by atoms with Crippen molar-refractivity contribution in [2.24, 2.45) is 11.7 Å². The molecule has 2 atom stereocenters. The lowest BCUT2D eigenvalue weighted by atomic mass is 9.99. The number of nitrogens with two attached hydrogens (primary N) is 1. The van der Waals surface area contributed by atoms with E-state index in [0.717, 1.165) is 11.3 Å². The molecular weight excluding hydrogens is 306 g/mol. The Bertz CT molecular complexity index is 572. The molecule has 0 aliphatic heterocycles. The van der Waals surface area contributed by atoms with Crippen LogP contribution in [0.2, 0.25) is 0 Å². The lowest BCUT2D eigenvalue weighted by Crippen LogP contribution is -2.34. The molecule has 0 saturated carbocycles. The van der Waals surface area contributed by atoms with E-state index < -0.39 is 12.1 Å². The summed E-state index contributed by atoms with van der Waals surface area (Å²) in [5.41, 5.74) is 6.92. The minimum atomic E-state index is -0.918. The van der Waals surface area contributed by atoms with Gasteiger partial charge in [0.05, 0.1) is 13.5 Å². The SMILES string of the molecule is COc1ccc(Cc2nc(C(O)[C@@H](N)C(C)C)no2)cc1.Cl. The molecule has 6 nitrogen and oxygen atoms in total. The summed E-state index contributed by atoms with van der Waals surface area (Å²) in [7, 11) is 1.62. The van der Waals surface area contributed by atoms with Crippen molar-refractivity contribution in [3.8, 4) is 5.75 Å². The van der Waals surface area contributed by atoms with E-state index in [9.17, 15) is 5.11 Å². The average molecular weight is 328 g/mol. The largest absolute Gasteiger partial charge is 0.497 e. The van der Waals surface area contributed by atoms with Crippen LogP contribution in [0.4, 0.5) is 0 Å². The van der Waals surface area contributed by atoms with Crippen molar-refractivity contribution in [2.75, 3.05) is 7.11 Å². The van der Waals surface area contributed by atoms with Crippen molar-refractivity contribution in [1.29, 1.82) is 0 Å². The molecule has 122 valence electrons. The first kappa shape index (κ1) is 18.4. The molecule has 1 heterocycles. The Morgan fingerprint density at radius 1 is 1.27 bits per heavy atom. The number of nitrogens with zero attached hydrogens (tertiary/aromatic N) is 2. The van der Waals surface area contributed by atoms with Gasteiger partial charge in [-0.1, -0.05) is 31.1 Å². The quantitative estimate of drug-likeness (QED) is 0.843. The van der Waals surface area contributed by atoms with E-state index in [1.54, 1.807) is 7.11 Å². The van der Waals surface area contributed by atoms with Gasteiger partial charge in [0.2, 0.25) is 11.7 Å². The molecule has 0 spiro atoms. The van der Waals surface area contributed by atoms with Crippen LogP contribution in [0.3, 0.4) is 0 Å². The second-order valence-corrected chi connectivity index (χ2v) is 5.34. The van der Waals surface area contributed by atoms with Gasteiger partial charge in [0, 0.05) is 6.04 Å². The summed E-state index contributed by atoms with van der Waals surface area (Å²) in [6.45, 7) is 3.87. The zero-order valence-corrected chi connectivity index (χ0v) is 13.7. The molecule has 0 radical (unpaired) electrons. The summed E-state index contributed by atoms with van der Waals surface area (Å²) in [6, 6.07) is 7.18. The van der Waals surface area contributed by atoms with Crippen LogP contribution in [0.15, 0.2) is 28.8 Å². The van der Waals surface area contributed by atoms with E-state index in [-0.39, 0.29) is 24.1 Å². The topological polar surface area (TPSA) is 94.4 Å². The van der Waals surface area contributed by atoms with Gasteiger partial charge in [-0.2, -0.15) is 4.98 Å². The van der Waals surface area contributed by atoms with Crippen molar-refractivity contribution in [2.45, 2.75) is 32.4 Å². The Labute approximate surface area is 136 Å². The van der Waals surface area contributed by atoms with Crippen LogP contribution >= 0.6 is 12.4 Å². The fraction of sp³-hybridized carbons (Fsp3) is 0.467. The lowest BCUT2D eigenvalue weighted by molar-refractivity contribution is 0.114. The summed E-state index contributed by atoms with van der Waals surface area (Å²) < 4.78 is 10.3. The highest BCUT2D eigenvalue weighted by molar-refractivity contribution is 5.85.